The molecule has 3 aliphatic rings. The zero-order valence-electron chi connectivity index (χ0n) is 22.8. The van der Waals surface area contributed by atoms with Gasteiger partial charge in [-0.05, 0) is 45.1 Å². The Balaban J connectivity index is 1.51. The van der Waals surface area contributed by atoms with Gasteiger partial charge in [0.05, 0.1) is 17.8 Å². The van der Waals surface area contributed by atoms with Crippen LogP contribution in [0.2, 0.25) is 0 Å². The van der Waals surface area contributed by atoms with E-state index in [1.54, 1.807) is 26.1 Å². The first kappa shape index (κ1) is 27.6. The minimum absolute atomic E-state index is 0.123. The van der Waals surface area contributed by atoms with Crippen LogP contribution in [0.1, 0.15) is 93.2 Å². The van der Waals surface area contributed by atoms with Gasteiger partial charge in [0, 0.05) is 30.6 Å². The average molecular weight is 523 g/mol. The molecule has 5 atom stereocenters. The molecule has 1 N–H and O–H groups in total. The quantitative estimate of drug-likeness (QED) is 0.468. The molecule has 1 saturated carbocycles. The van der Waals surface area contributed by atoms with E-state index in [9.17, 15) is 9.59 Å². The molecule has 1 amide bonds. The topological polar surface area (TPSA) is 94.9 Å². The molecule has 4 rings (SSSR count). The SMILES string of the molecule is CC[C@H]1O[C@@H](n2ccc(NC(=O)C(C)C)nc2=O)CC1O[P@@]1OC2(CCCC2)[C@H](C(C)C)N1C(C)C. The molecule has 1 aliphatic carbocycles. The van der Waals surface area contributed by atoms with Crippen LogP contribution < -0.4 is 11.0 Å². The summed E-state index contributed by atoms with van der Waals surface area (Å²) < 4.78 is 23.9. The Labute approximate surface area is 216 Å². The minimum atomic E-state index is -1.24. The van der Waals surface area contributed by atoms with Gasteiger partial charge in [-0.3, -0.25) is 9.36 Å². The van der Waals surface area contributed by atoms with Gasteiger partial charge >= 0.3 is 5.69 Å². The molecule has 0 bridgehead atoms. The summed E-state index contributed by atoms with van der Waals surface area (Å²) in [5.41, 5.74) is -0.574. The maximum atomic E-state index is 12.8. The maximum Gasteiger partial charge on any atom is 0.351 e. The lowest BCUT2D eigenvalue weighted by atomic mass is 9.84. The fourth-order valence-electron chi connectivity index (χ4n) is 5.89. The number of nitrogens with zero attached hydrogens (tertiary/aromatic N) is 3. The summed E-state index contributed by atoms with van der Waals surface area (Å²) in [5, 5.41) is 2.68. The highest BCUT2D eigenvalue weighted by atomic mass is 31.2. The summed E-state index contributed by atoms with van der Waals surface area (Å²) in [6.07, 6.45) is 6.75. The Morgan fingerprint density at radius 3 is 2.50 bits per heavy atom. The van der Waals surface area contributed by atoms with Gasteiger partial charge in [-0.15, -0.1) is 0 Å². The molecule has 202 valence electrons. The van der Waals surface area contributed by atoms with Crippen molar-refractivity contribution in [2.75, 3.05) is 5.32 Å². The summed E-state index contributed by atoms with van der Waals surface area (Å²) in [6.45, 7) is 14.7. The van der Waals surface area contributed by atoms with E-state index in [4.69, 9.17) is 13.8 Å². The molecule has 0 aromatic carbocycles. The molecular formula is C26H43N4O5P. The molecule has 2 saturated heterocycles. The third-order valence-corrected chi connectivity index (χ3v) is 9.67. The van der Waals surface area contributed by atoms with Crippen molar-refractivity contribution in [2.24, 2.45) is 11.8 Å². The van der Waals surface area contributed by atoms with E-state index < -0.39 is 20.4 Å². The molecule has 1 unspecified atom stereocenters. The third kappa shape index (κ3) is 5.41. The van der Waals surface area contributed by atoms with Crippen LogP contribution in [0.5, 0.6) is 0 Å². The first-order valence-corrected chi connectivity index (χ1v) is 14.7. The Bertz CT molecular complexity index is 977. The van der Waals surface area contributed by atoms with Gasteiger partial charge in [-0.2, -0.15) is 4.98 Å². The van der Waals surface area contributed by atoms with E-state index in [1.165, 1.54) is 17.4 Å². The zero-order valence-corrected chi connectivity index (χ0v) is 23.7. The number of hydrogen-bond acceptors (Lipinski definition) is 7. The van der Waals surface area contributed by atoms with Crippen molar-refractivity contribution < 1.29 is 18.6 Å². The van der Waals surface area contributed by atoms with Crippen molar-refractivity contribution in [3.63, 3.8) is 0 Å². The third-order valence-electron chi connectivity index (χ3n) is 7.61. The van der Waals surface area contributed by atoms with Gasteiger partial charge in [0.1, 0.15) is 12.0 Å². The van der Waals surface area contributed by atoms with Crippen LogP contribution in [0.4, 0.5) is 5.82 Å². The lowest BCUT2D eigenvalue weighted by Crippen LogP contribution is -2.48. The molecule has 2 aliphatic heterocycles. The second-order valence-electron chi connectivity index (χ2n) is 11.3. The minimum Gasteiger partial charge on any atom is -0.352 e. The van der Waals surface area contributed by atoms with Gasteiger partial charge in [0.2, 0.25) is 5.91 Å². The Kier molecular flexibility index (Phi) is 8.57. The van der Waals surface area contributed by atoms with Gasteiger partial charge in [-0.25, -0.2) is 9.46 Å². The lowest BCUT2D eigenvalue weighted by Gasteiger charge is -2.37. The van der Waals surface area contributed by atoms with E-state index in [1.807, 2.05) is 0 Å². The maximum absolute atomic E-state index is 12.8. The van der Waals surface area contributed by atoms with Crippen LogP contribution >= 0.6 is 8.53 Å². The second-order valence-corrected chi connectivity index (χ2v) is 12.7. The van der Waals surface area contributed by atoms with Gasteiger partial charge in [0.25, 0.3) is 8.53 Å². The van der Waals surface area contributed by atoms with Crippen LogP contribution in [-0.4, -0.2) is 50.0 Å². The summed E-state index contributed by atoms with van der Waals surface area (Å²) in [4.78, 5) is 28.8. The van der Waals surface area contributed by atoms with Gasteiger partial charge in [-0.1, -0.05) is 47.5 Å². The monoisotopic (exact) mass is 522 g/mol. The Hall–Kier alpha value is -1.38. The number of ether oxygens (including phenoxy) is 1. The number of hydrogen-bond donors (Lipinski definition) is 1. The van der Waals surface area contributed by atoms with E-state index in [0.29, 0.717) is 24.4 Å². The Morgan fingerprint density at radius 2 is 1.94 bits per heavy atom. The predicted octanol–water partition coefficient (Wildman–Crippen LogP) is 5.23. The normalized spacial score (nSPS) is 30.3. The zero-order chi connectivity index (χ0) is 26.2. The number of carbonyl (C=O) groups is 1. The average Bonchev–Trinajstić information content (AvgIpc) is 3.51. The highest BCUT2D eigenvalue weighted by Gasteiger charge is 2.58. The van der Waals surface area contributed by atoms with E-state index >= 15 is 0 Å². The van der Waals surface area contributed by atoms with Crippen molar-refractivity contribution in [3.05, 3.63) is 22.7 Å². The molecule has 1 aromatic heterocycles. The van der Waals surface area contributed by atoms with Crippen LogP contribution in [0.3, 0.4) is 0 Å². The molecule has 3 heterocycles. The molecular weight excluding hydrogens is 479 g/mol. The summed E-state index contributed by atoms with van der Waals surface area (Å²) in [5.74, 6) is 0.351. The van der Waals surface area contributed by atoms with E-state index in [-0.39, 0.29) is 35.5 Å². The number of anilines is 1. The standard InChI is InChI=1S/C26H43N4O5P/c1-8-19-20(15-22(33-19)29-14-11-21(28-25(29)32)27-24(31)17(4)5)34-36-30(18(6)7)23(16(2)3)26(35-36)12-9-10-13-26/h11,14,16-20,22-23H,8-10,12-13,15H2,1-7H3,(H,27,28,31,32)/t19-,20?,22-,23+,36+/m1/s1. The molecule has 10 heteroatoms. The first-order chi connectivity index (χ1) is 17.1. The highest BCUT2D eigenvalue weighted by Crippen LogP contribution is 2.64. The van der Waals surface area contributed by atoms with Crippen LogP contribution in [0.15, 0.2) is 17.1 Å². The van der Waals surface area contributed by atoms with Gasteiger partial charge in [0.15, 0.2) is 0 Å². The van der Waals surface area contributed by atoms with Crippen LogP contribution in [-0.2, 0) is 18.6 Å². The fraction of sp³-hybridized carbons (Fsp3) is 0.808. The molecule has 36 heavy (non-hydrogen) atoms. The molecule has 3 fully saturated rings. The molecule has 1 aromatic rings. The van der Waals surface area contributed by atoms with Crippen molar-refractivity contribution in [1.82, 2.24) is 14.2 Å². The number of nitrogens with one attached hydrogen (secondary N) is 1. The van der Waals surface area contributed by atoms with Crippen molar-refractivity contribution >= 4 is 20.3 Å². The second kappa shape index (κ2) is 11.2. The fourth-order valence-corrected chi connectivity index (χ4v) is 8.25. The van der Waals surface area contributed by atoms with Crippen molar-refractivity contribution in [1.29, 1.82) is 0 Å². The van der Waals surface area contributed by atoms with Gasteiger partial charge < -0.3 is 19.1 Å². The summed E-state index contributed by atoms with van der Waals surface area (Å²) >= 11 is 0. The molecule has 9 nitrogen and oxygen atoms in total. The summed E-state index contributed by atoms with van der Waals surface area (Å²) in [6, 6.07) is 2.29. The number of amides is 1. The highest BCUT2D eigenvalue weighted by molar-refractivity contribution is 7.45. The van der Waals surface area contributed by atoms with Crippen molar-refractivity contribution in [3.8, 4) is 0 Å². The number of carbonyl (C=O) groups excluding carboxylic acids is 1. The lowest BCUT2D eigenvalue weighted by molar-refractivity contribution is -0.118. The predicted molar refractivity (Wildman–Crippen MR) is 140 cm³/mol. The van der Waals surface area contributed by atoms with E-state index in [2.05, 4.69) is 49.6 Å². The number of rotatable bonds is 8. The number of aromatic nitrogens is 2. The van der Waals surface area contributed by atoms with Crippen LogP contribution in [0, 0.1) is 11.8 Å². The summed E-state index contributed by atoms with van der Waals surface area (Å²) in [7, 11) is -1.24. The smallest absolute Gasteiger partial charge is 0.351 e. The van der Waals surface area contributed by atoms with E-state index in [0.717, 1.165) is 19.3 Å². The van der Waals surface area contributed by atoms with Crippen molar-refractivity contribution in [2.45, 2.75) is 123 Å². The molecule has 0 radical (unpaired) electrons. The van der Waals surface area contributed by atoms with Crippen LogP contribution in [0.25, 0.3) is 0 Å². The largest absolute Gasteiger partial charge is 0.352 e. The first-order valence-electron chi connectivity index (χ1n) is 13.6. The molecule has 1 spiro atoms. The Morgan fingerprint density at radius 1 is 1.25 bits per heavy atom.